The molecule has 1 N–H and O–H groups in total. The zero-order valence-corrected chi connectivity index (χ0v) is 34.4. The third-order valence-corrected chi connectivity index (χ3v) is 11.1. The van der Waals surface area contributed by atoms with E-state index in [9.17, 15) is 5.11 Å². The van der Waals surface area contributed by atoms with Gasteiger partial charge in [0, 0.05) is 12.7 Å². The molecule has 0 amide bonds. The molecule has 8 rings (SSSR count). The third kappa shape index (κ3) is 11.1. The molecule has 3 saturated heterocycles. The van der Waals surface area contributed by atoms with Crippen LogP contribution < -0.4 is 4.74 Å². The monoisotopic (exact) mass is 834 g/mol. The maximum Gasteiger partial charge on any atom is 0.187 e. The van der Waals surface area contributed by atoms with Crippen LogP contribution in [0.5, 0.6) is 5.75 Å². The summed E-state index contributed by atoms with van der Waals surface area (Å²) in [6.07, 6.45) is -8.90. The van der Waals surface area contributed by atoms with Gasteiger partial charge in [-0.15, -0.1) is 0 Å². The molecule has 3 aliphatic rings. The summed E-state index contributed by atoms with van der Waals surface area (Å²) in [5, 5.41) is 12.0. The lowest BCUT2D eigenvalue weighted by Crippen LogP contribution is -2.64. The fourth-order valence-electron chi connectivity index (χ4n) is 7.83. The average Bonchev–Trinajstić information content (AvgIpc) is 3.32. The Labute approximate surface area is 357 Å². The van der Waals surface area contributed by atoms with Crippen LogP contribution in [0.15, 0.2) is 146 Å². The van der Waals surface area contributed by atoms with Crippen molar-refractivity contribution in [2.45, 2.75) is 94.1 Å². The van der Waals surface area contributed by atoms with Crippen LogP contribution >= 0.6 is 0 Å². The summed E-state index contributed by atoms with van der Waals surface area (Å²) in [5.74, 6) is 0.723. The molecule has 11 atom stereocenters. The van der Waals surface area contributed by atoms with E-state index in [4.69, 9.17) is 52.1 Å². The normalized spacial score (nSPS) is 28.8. The number of aliphatic hydroxyl groups is 1. The number of ether oxygens (including phenoxy) is 11. The zero-order valence-electron chi connectivity index (χ0n) is 34.4. The molecule has 12 nitrogen and oxygen atoms in total. The van der Waals surface area contributed by atoms with Crippen molar-refractivity contribution in [3.05, 3.63) is 173 Å². The minimum absolute atomic E-state index is 0.0402. The molecule has 0 saturated carbocycles. The van der Waals surface area contributed by atoms with Gasteiger partial charge >= 0.3 is 0 Å². The van der Waals surface area contributed by atoms with Gasteiger partial charge in [0.25, 0.3) is 0 Å². The maximum absolute atomic E-state index is 12.0. The van der Waals surface area contributed by atoms with Crippen LogP contribution in [0.2, 0.25) is 0 Å². The van der Waals surface area contributed by atoms with E-state index in [1.54, 1.807) is 14.2 Å². The number of fused-ring (bicyclic) bond motifs is 1. The highest BCUT2D eigenvalue weighted by atomic mass is 16.8. The van der Waals surface area contributed by atoms with Gasteiger partial charge in [-0.25, -0.2) is 0 Å². The Hall–Kier alpha value is -4.54. The molecule has 0 bridgehead atoms. The van der Waals surface area contributed by atoms with Crippen LogP contribution in [0.1, 0.15) is 34.1 Å². The van der Waals surface area contributed by atoms with E-state index < -0.39 is 67.7 Å². The predicted molar refractivity (Wildman–Crippen MR) is 223 cm³/mol. The van der Waals surface area contributed by atoms with Crippen molar-refractivity contribution in [3.8, 4) is 5.75 Å². The first-order valence-electron chi connectivity index (χ1n) is 20.7. The Balaban J connectivity index is 1.05. The minimum atomic E-state index is -1.14. The SMILES string of the molecule is COc1ccc(CO[C@@H]2[C@H](OC[C@H]3O[C@H](OC)[C@H](OCc4ccccc4)[C@@H](OCc4ccccc4)[C@@H]3OCc3ccccc3)O[C@@H]3COC(c4ccccc4)O[C@H]3[C@@H]2O)cc1. The summed E-state index contributed by atoms with van der Waals surface area (Å²) >= 11 is 0. The number of benzene rings is 5. The molecule has 3 heterocycles. The van der Waals surface area contributed by atoms with Gasteiger partial charge < -0.3 is 57.2 Å². The minimum Gasteiger partial charge on any atom is -0.497 e. The van der Waals surface area contributed by atoms with Gasteiger partial charge in [0.05, 0.1) is 46.8 Å². The molecule has 12 heteroatoms. The number of hydrogen-bond acceptors (Lipinski definition) is 12. The van der Waals surface area contributed by atoms with E-state index in [1.807, 2.05) is 146 Å². The van der Waals surface area contributed by atoms with E-state index in [0.29, 0.717) is 6.61 Å². The number of aliphatic hydroxyl groups excluding tert-OH is 1. The summed E-state index contributed by atoms with van der Waals surface area (Å²) in [5.41, 5.74) is 4.66. The van der Waals surface area contributed by atoms with Gasteiger partial charge in [0.15, 0.2) is 18.9 Å². The molecule has 322 valence electrons. The smallest absolute Gasteiger partial charge is 0.187 e. The summed E-state index contributed by atoms with van der Waals surface area (Å²) in [6, 6.07) is 46.9. The van der Waals surface area contributed by atoms with Gasteiger partial charge in [-0.1, -0.05) is 133 Å². The molecule has 5 aromatic rings. The number of methoxy groups -OCH3 is 2. The lowest BCUT2D eigenvalue weighted by molar-refractivity contribution is -0.375. The van der Waals surface area contributed by atoms with Crippen molar-refractivity contribution in [3.63, 3.8) is 0 Å². The standard InChI is InChI=1S/C49H54O12/c1-51-38-25-23-36(24-26-38)30-54-44-41(50)42-39(31-57-47(61-42)37-21-13-6-14-22-37)60-49(44)58-32-40-43(53-27-33-15-7-3-8-16-33)45(55-28-34-17-9-4-10-18-34)46(48(52-2)59-40)56-29-35-19-11-5-12-20-35/h3-26,39-50H,27-32H2,1-2H3/t39-,40-,41+,42-,43-,44+,45+,46-,47?,48+,49-/m1/s1. The van der Waals surface area contributed by atoms with E-state index in [-0.39, 0.29) is 33.0 Å². The quantitative estimate of drug-likeness (QED) is 0.0987. The van der Waals surface area contributed by atoms with Gasteiger partial charge in [0.2, 0.25) is 0 Å². The summed E-state index contributed by atoms with van der Waals surface area (Å²) in [7, 11) is 3.20. The molecular weight excluding hydrogens is 781 g/mol. The molecule has 3 fully saturated rings. The number of rotatable bonds is 18. The number of hydrogen-bond donors (Lipinski definition) is 1. The third-order valence-electron chi connectivity index (χ3n) is 11.1. The largest absolute Gasteiger partial charge is 0.497 e. The molecule has 61 heavy (non-hydrogen) atoms. The highest BCUT2D eigenvalue weighted by molar-refractivity contribution is 5.27. The van der Waals surface area contributed by atoms with Crippen LogP contribution in [-0.2, 0) is 73.8 Å². The molecule has 0 aliphatic carbocycles. The van der Waals surface area contributed by atoms with E-state index in [0.717, 1.165) is 33.6 Å². The highest BCUT2D eigenvalue weighted by Crippen LogP contribution is 2.37. The van der Waals surface area contributed by atoms with E-state index in [2.05, 4.69) is 0 Å². The van der Waals surface area contributed by atoms with Crippen molar-refractivity contribution in [1.29, 1.82) is 0 Å². The van der Waals surface area contributed by atoms with Gasteiger partial charge in [-0.2, -0.15) is 0 Å². The van der Waals surface area contributed by atoms with Crippen LogP contribution in [0, 0.1) is 0 Å². The molecule has 5 aromatic carbocycles. The van der Waals surface area contributed by atoms with Crippen LogP contribution in [0.3, 0.4) is 0 Å². The second-order valence-corrected chi connectivity index (χ2v) is 15.2. The second-order valence-electron chi connectivity index (χ2n) is 15.2. The molecule has 0 aromatic heterocycles. The van der Waals surface area contributed by atoms with Crippen molar-refractivity contribution in [1.82, 2.24) is 0 Å². The summed E-state index contributed by atoms with van der Waals surface area (Å²) in [6.45, 7) is 1.14. The first kappa shape index (κ1) is 43.1. The van der Waals surface area contributed by atoms with Crippen molar-refractivity contribution in [2.75, 3.05) is 27.4 Å². The fourth-order valence-corrected chi connectivity index (χ4v) is 7.83. The van der Waals surface area contributed by atoms with E-state index >= 15 is 0 Å². The van der Waals surface area contributed by atoms with Gasteiger partial charge in [-0.3, -0.25) is 0 Å². The Morgan fingerprint density at radius 2 is 1.02 bits per heavy atom. The highest BCUT2D eigenvalue weighted by Gasteiger charge is 2.53. The first-order valence-corrected chi connectivity index (χ1v) is 20.7. The van der Waals surface area contributed by atoms with Crippen LogP contribution in [0.25, 0.3) is 0 Å². The summed E-state index contributed by atoms with van der Waals surface area (Å²) in [4.78, 5) is 0. The first-order chi connectivity index (χ1) is 30.1. The van der Waals surface area contributed by atoms with Crippen LogP contribution in [0.4, 0.5) is 0 Å². The average molecular weight is 835 g/mol. The molecule has 3 aliphatic heterocycles. The molecular formula is C49H54O12. The fraction of sp³-hybridized carbons (Fsp3) is 0.388. The van der Waals surface area contributed by atoms with Crippen molar-refractivity contribution in [2.24, 2.45) is 0 Å². The Morgan fingerprint density at radius 3 is 1.57 bits per heavy atom. The second kappa shape index (κ2) is 21.5. The Morgan fingerprint density at radius 1 is 0.508 bits per heavy atom. The predicted octanol–water partition coefficient (Wildman–Crippen LogP) is 6.92. The molecule has 1 unspecified atom stereocenters. The Kier molecular flexibility index (Phi) is 15.2. The molecule has 0 spiro atoms. The lowest BCUT2D eigenvalue weighted by atomic mass is 9.96. The van der Waals surface area contributed by atoms with E-state index in [1.165, 1.54) is 0 Å². The maximum atomic E-state index is 12.0. The van der Waals surface area contributed by atoms with Gasteiger partial charge in [0.1, 0.15) is 54.6 Å². The molecule has 0 radical (unpaired) electrons. The summed E-state index contributed by atoms with van der Waals surface area (Å²) < 4.78 is 70.4. The Bertz CT molecular complexity index is 2010. The van der Waals surface area contributed by atoms with Crippen molar-refractivity contribution >= 4 is 0 Å². The van der Waals surface area contributed by atoms with Crippen molar-refractivity contribution < 1.29 is 57.2 Å². The van der Waals surface area contributed by atoms with Crippen LogP contribution in [-0.4, -0.2) is 94.0 Å². The topological polar surface area (TPSA) is 122 Å². The van der Waals surface area contributed by atoms with Gasteiger partial charge in [-0.05, 0) is 34.4 Å². The zero-order chi connectivity index (χ0) is 41.8. The lowest BCUT2D eigenvalue weighted by Gasteiger charge is -2.48.